The summed E-state index contributed by atoms with van der Waals surface area (Å²) in [6.07, 6.45) is 0.340. The van der Waals surface area contributed by atoms with Crippen molar-refractivity contribution in [2.75, 3.05) is 5.32 Å². The van der Waals surface area contributed by atoms with Crippen molar-refractivity contribution in [3.8, 4) is 0 Å². The topological polar surface area (TPSA) is 95.6 Å². The number of carbonyl (C=O) groups is 4. The minimum absolute atomic E-state index is 0.0436. The van der Waals surface area contributed by atoms with Gasteiger partial charge in [0.25, 0.3) is 11.8 Å². The summed E-state index contributed by atoms with van der Waals surface area (Å²) in [4.78, 5) is 50.5. The molecule has 34 heavy (non-hydrogen) atoms. The summed E-state index contributed by atoms with van der Waals surface area (Å²) in [5.74, 6) is -6.72. The summed E-state index contributed by atoms with van der Waals surface area (Å²) in [5, 5.41) is 5.30. The van der Waals surface area contributed by atoms with Crippen LogP contribution in [0.1, 0.15) is 34.3 Å². The molecule has 1 saturated heterocycles. The van der Waals surface area contributed by atoms with Crippen LogP contribution in [-0.2, 0) is 26.9 Å². The van der Waals surface area contributed by atoms with Crippen LogP contribution in [0.15, 0.2) is 60.7 Å². The molecule has 9 heteroatoms. The van der Waals surface area contributed by atoms with Crippen molar-refractivity contribution < 1.29 is 28.0 Å². The standard InChI is InChI=1S/C25H19F2N3O4/c26-25(27,19-7-3-5-14-4-1-2-6-17(14)19)24(34)28-16-9-8-15-13-30(23(33)18(15)12-16)20-10-11-21(31)29-22(20)32/h1-9,12,20H,10-11,13H2,(H,28,34)(H,29,31,32). The van der Waals surface area contributed by atoms with Crippen LogP contribution in [0, 0.1) is 0 Å². The number of hydrogen-bond donors (Lipinski definition) is 2. The van der Waals surface area contributed by atoms with E-state index < -0.39 is 35.2 Å². The number of amides is 4. The van der Waals surface area contributed by atoms with Gasteiger partial charge in [-0.05, 0) is 34.9 Å². The highest BCUT2D eigenvalue weighted by Gasteiger charge is 2.43. The zero-order valence-corrected chi connectivity index (χ0v) is 17.8. The van der Waals surface area contributed by atoms with E-state index in [9.17, 15) is 19.2 Å². The summed E-state index contributed by atoms with van der Waals surface area (Å²) in [5.41, 5.74) is 0.455. The number of rotatable bonds is 4. The van der Waals surface area contributed by atoms with Gasteiger partial charge in [-0.15, -0.1) is 0 Å². The summed E-state index contributed by atoms with van der Waals surface area (Å²) in [6, 6.07) is 14.5. The molecule has 1 atom stereocenters. The van der Waals surface area contributed by atoms with Gasteiger partial charge in [-0.25, -0.2) is 0 Å². The Morgan fingerprint density at radius 2 is 1.79 bits per heavy atom. The van der Waals surface area contributed by atoms with Gasteiger partial charge in [0, 0.05) is 29.8 Å². The molecule has 7 nitrogen and oxygen atoms in total. The Bertz CT molecular complexity index is 1370. The molecule has 4 amide bonds. The van der Waals surface area contributed by atoms with Gasteiger partial charge in [-0.3, -0.25) is 24.5 Å². The minimum atomic E-state index is -3.82. The van der Waals surface area contributed by atoms with Crippen molar-refractivity contribution in [3.63, 3.8) is 0 Å². The molecule has 0 aromatic heterocycles. The van der Waals surface area contributed by atoms with Gasteiger partial charge in [0.1, 0.15) is 6.04 Å². The second-order valence-corrected chi connectivity index (χ2v) is 8.33. The van der Waals surface area contributed by atoms with Crippen LogP contribution < -0.4 is 10.6 Å². The third-order valence-electron chi connectivity index (χ3n) is 6.20. The second kappa shape index (κ2) is 8.02. The molecule has 1 unspecified atom stereocenters. The van der Waals surface area contributed by atoms with Gasteiger partial charge >= 0.3 is 5.92 Å². The van der Waals surface area contributed by atoms with Crippen LogP contribution >= 0.6 is 0 Å². The monoisotopic (exact) mass is 463 g/mol. The summed E-state index contributed by atoms with van der Waals surface area (Å²) in [7, 11) is 0. The fraction of sp³-hybridized carbons (Fsp3) is 0.200. The molecule has 172 valence electrons. The molecule has 0 bridgehead atoms. The molecule has 2 N–H and O–H groups in total. The maximum absolute atomic E-state index is 15.1. The zero-order chi connectivity index (χ0) is 24.0. The molecule has 0 aliphatic carbocycles. The SMILES string of the molecule is O=C1CCC(N2Cc3ccc(NC(=O)C(F)(F)c4cccc5ccccc45)cc3C2=O)C(=O)N1. The molecule has 3 aromatic carbocycles. The number of alkyl halides is 2. The zero-order valence-electron chi connectivity index (χ0n) is 17.8. The second-order valence-electron chi connectivity index (χ2n) is 8.33. The molecule has 0 saturated carbocycles. The van der Waals surface area contributed by atoms with Crippen molar-refractivity contribution in [2.24, 2.45) is 0 Å². The summed E-state index contributed by atoms with van der Waals surface area (Å²) < 4.78 is 30.3. The van der Waals surface area contributed by atoms with Crippen LogP contribution in [0.25, 0.3) is 10.8 Å². The molecule has 0 spiro atoms. The molecule has 3 aromatic rings. The smallest absolute Gasteiger partial charge is 0.322 e. The number of hydrogen-bond acceptors (Lipinski definition) is 4. The van der Waals surface area contributed by atoms with E-state index in [2.05, 4.69) is 10.6 Å². The van der Waals surface area contributed by atoms with Crippen molar-refractivity contribution in [2.45, 2.75) is 31.4 Å². The van der Waals surface area contributed by atoms with Crippen LogP contribution in [0.3, 0.4) is 0 Å². The number of fused-ring (bicyclic) bond motifs is 2. The highest BCUT2D eigenvalue weighted by Crippen LogP contribution is 2.35. The predicted octanol–water partition coefficient (Wildman–Crippen LogP) is 3.33. The molecular formula is C25H19F2N3O4. The van der Waals surface area contributed by atoms with E-state index in [1.54, 1.807) is 30.3 Å². The fourth-order valence-electron chi connectivity index (χ4n) is 4.46. The molecular weight excluding hydrogens is 444 g/mol. The van der Waals surface area contributed by atoms with Crippen LogP contribution in [0.4, 0.5) is 14.5 Å². The average Bonchev–Trinajstić information content (AvgIpc) is 3.14. The quantitative estimate of drug-likeness (QED) is 0.581. The third-order valence-corrected chi connectivity index (χ3v) is 6.20. The van der Waals surface area contributed by atoms with Crippen molar-refractivity contribution >= 4 is 40.1 Å². The lowest BCUT2D eigenvalue weighted by molar-refractivity contribution is -0.140. The lowest BCUT2D eigenvalue weighted by atomic mass is 9.99. The normalized spacial score (nSPS) is 18.1. The van der Waals surface area contributed by atoms with Gasteiger partial charge in [-0.2, -0.15) is 8.78 Å². The lowest BCUT2D eigenvalue weighted by Crippen LogP contribution is -2.52. The van der Waals surface area contributed by atoms with Crippen LogP contribution in [0.2, 0.25) is 0 Å². The first-order valence-electron chi connectivity index (χ1n) is 10.7. The van der Waals surface area contributed by atoms with Gasteiger partial charge in [0.15, 0.2) is 0 Å². The summed E-state index contributed by atoms with van der Waals surface area (Å²) >= 11 is 0. The maximum Gasteiger partial charge on any atom is 0.350 e. The number of piperidine rings is 1. The van der Waals surface area contributed by atoms with E-state index in [0.717, 1.165) is 0 Å². The van der Waals surface area contributed by atoms with E-state index in [0.29, 0.717) is 10.9 Å². The Labute approximate surface area is 192 Å². The largest absolute Gasteiger partial charge is 0.350 e. The first kappa shape index (κ1) is 21.7. The average molecular weight is 463 g/mol. The highest BCUT2D eigenvalue weighted by atomic mass is 19.3. The molecule has 2 aliphatic heterocycles. The number of halogens is 2. The molecule has 0 radical (unpaired) electrons. The molecule has 1 fully saturated rings. The van der Waals surface area contributed by atoms with Crippen molar-refractivity contribution in [1.29, 1.82) is 0 Å². The van der Waals surface area contributed by atoms with Gasteiger partial charge in [-0.1, -0.05) is 48.5 Å². The van der Waals surface area contributed by atoms with Gasteiger partial charge in [0.2, 0.25) is 11.8 Å². The summed E-state index contributed by atoms with van der Waals surface area (Å²) in [6.45, 7) is 0.154. The highest BCUT2D eigenvalue weighted by molar-refractivity contribution is 6.06. The van der Waals surface area contributed by atoms with Crippen LogP contribution in [0.5, 0.6) is 0 Å². The van der Waals surface area contributed by atoms with E-state index in [-0.39, 0.29) is 41.9 Å². The fourth-order valence-corrected chi connectivity index (χ4v) is 4.46. The number of benzene rings is 3. The lowest BCUT2D eigenvalue weighted by Gasteiger charge is -2.29. The van der Waals surface area contributed by atoms with Crippen molar-refractivity contribution in [3.05, 3.63) is 77.4 Å². The Balaban J connectivity index is 1.37. The van der Waals surface area contributed by atoms with Crippen LogP contribution in [-0.4, -0.2) is 34.6 Å². The molecule has 2 heterocycles. The Kier molecular flexibility index (Phi) is 5.11. The predicted molar refractivity (Wildman–Crippen MR) is 119 cm³/mol. The number of carbonyl (C=O) groups excluding carboxylic acids is 4. The Morgan fingerprint density at radius 3 is 2.59 bits per heavy atom. The maximum atomic E-state index is 15.1. The van der Waals surface area contributed by atoms with E-state index in [1.807, 2.05) is 0 Å². The van der Waals surface area contributed by atoms with E-state index in [1.165, 1.54) is 35.2 Å². The third kappa shape index (κ3) is 3.59. The number of nitrogens with one attached hydrogen (secondary N) is 2. The number of nitrogens with zero attached hydrogens (tertiary/aromatic N) is 1. The van der Waals surface area contributed by atoms with E-state index >= 15 is 8.78 Å². The first-order chi connectivity index (χ1) is 16.3. The number of anilines is 1. The Hall–Kier alpha value is -4.14. The molecule has 2 aliphatic rings. The number of imide groups is 1. The van der Waals surface area contributed by atoms with Crippen molar-refractivity contribution in [1.82, 2.24) is 10.2 Å². The van der Waals surface area contributed by atoms with Gasteiger partial charge in [0.05, 0.1) is 0 Å². The van der Waals surface area contributed by atoms with Gasteiger partial charge < -0.3 is 10.2 Å². The Morgan fingerprint density at radius 1 is 1.03 bits per heavy atom. The minimum Gasteiger partial charge on any atom is -0.322 e. The first-order valence-corrected chi connectivity index (χ1v) is 10.7. The van der Waals surface area contributed by atoms with E-state index in [4.69, 9.17) is 0 Å². The molecule has 5 rings (SSSR count).